The number of aliphatic hydroxyl groups excluding tert-OH is 4. The Labute approximate surface area is 581 Å². The Kier molecular flexibility index (Phi) is 25.1. The average molecular weight is 1380 g/mol. The van der Waals surface area contributed by atoms with Gasteiger partial charge in [-0.3, -0.25) is 4.79 Å². The molecule has 3 unspecified atom stereocenters. The predicted molar refractivity (Wildman–Crippen MR) is 360 cm³/mol. The number of hydrogen-bond acceptors (Lipinski definition) is 20. The zero-order valence-corrected chi connectivity index (χ0v) is 56.0. The van der Waals surface area contributed by atoms with Crippen molar-refractivity contribution in [1.29, 1.82) is 0 Å². The average Bonchev–Trinajstić information content (AvgIpc) is 1.19. The Morgan fingerprint density at radius 2 is 0.980 bits per heavy atom. The number of hydrogen-bond donors (Lipinski definition) is 7. The number of carbonyl (C=O) groups excluding carboxylic acids is 4. The summed E-state index contributed by atoms with van der Waals surface area (Å²) < 4.78 is 77.0. The molecule has 100 heavy (non-hydrogen) atoms. The van der Waals surface area contributed by atoms with E-state index in [1.54, 1.807) is 19.1 Å². The molecule has 6 fully saturated rings. The van der Waals surface area contributed by atoms with Gasteiger partial charge in [0.25, 0.3) is 0 Å². The van der Waals surface area contributed by atoms with Crippen LogP contribution < -0.4 is 16.0 Å². The summed E-state index contributed by atoms with van der Waals surface area (Å²) in [4.78, 5) is 55.8. The fourth-order valence-electron chi connectivity index (χ4n) is 14.4. The second-order valence-electron chi connectivity index (χ2n) is 26.8. The first-order chi connectivity index (χ1) is 48.7. The van der Waals surface area contributed by atoms with Gasteiger partial charge in [-0.05, 0) is 77.3 Å². The maximum atomic E-state index is 14.9. The summed E-state index contributed by atoms with van der Waals surface area (Å²) in [5, 5.41) is 57.6. The fraction of sp³-hybridized carbons (Fsp3) is 0.481. The molecule has 534 valence electrons. The lowest BCUT2D eigenvalue weighted by molar-refractivity contribution is -0.316. The largest absolute Gasteiger partial charge is 0.445 e. The van der Waals surface area contributed by atoms with Gasteiger partial charge >= 0.3 is 18.3 Å². The van der Waals surface area contributed by atoms with Crippen molar-refractivity contribution < 1.29 is 96.4 Å². The minimum absolute atomic E-state index is 0.0213. The highest BCUT2D eigenvalue weighted by Gasteiger charge is 2.57. The van der Waals surface area contributed by atoms with E-state index in [0.29, 0.717) is 31.2 Å². The zero-order valence-electron chi connectivity index (χ0n) is 56.0. The lowest BCUT2D eigenvalue weighted by Crippen LogP contribution is -2.66. The summed E-state index contributed by atoms with van der Waals surface area (Å²) in [5.74, 6) is -2.53. The Morgan fingerprint density at radius 1 is 0.490 bits per heavy atom. The number of alkyl carbamates (subject to hydrolysis) is 3. The molecule has 0 aromatic heterocycles. The van der Waals surface area contributed by atoms with Gasteiger partial charge in [-0.2, -0.15) is 0 Å². The van der Waals surface area contributed by atoms with Crippen molar-refractivity contribution in [3.8, 4) is 0 Å². The highest BCUT2D eigenvalue weighted by atomic mass is 16.8. The van der Waals surface area contributed by atoms with Gasteiger partial charge in [-0.15, -0.1) is 0 Å². The number of aliphatic hydroxyl groups is 4. The maximum absolute atomic E-state index is 14.9. The Balaban J connectivity index is 0.804. The Hall–Kier alpha value is -7.72. The first kappa shape index (κ1) is 72.1. The van der Waals surface area contributed by atoms with E-state index in [4.69, 9.17) is 56.8 Å². The lowest BCUT2D eigenvalue weighted by Gasteiger charge is -2.49. The molecule has 5 saturated heterocycles. The van der Waals surface area contributed by atoms with Crippen molar-refractivity contribution in [2.45, 2.75) is 202 Å². The molecular weight excluding hydrogens is 1290 g/mol. The minimum atomic E-state index is -1.76. The maximum Gasteiger partial charge on any atom is 0.407 e. The van der Waals surface area contributed by atoms with Gasteiger partial charge in [0.15, 0.2) is 18.9 Å². The number of ketones is 1. The van der Waals surface area contributed by atoms with Crippen LogP contribution in [-0.4, -0.2) is 162 Å². The van der Waals surface area contributed by atoms with Gasteiger partial charge in [-0.1, -0.05) is 196 Å². The molecule has 6 aromatic rings. The third-order valence-corrected chi connectivity index (χ3v) is 19.9. The van der Waals surface area contributed by atoms with Crippen LogP contribution in [0.3, 0.4) is 0 Å². The van der Waals surface area contributed by atoms with E-state index in [0.717, 1.165) is 27.8 Å². The number of benzene rings is 6. The monoisotopic (exact) mass is 1380 g/mol. The third kappa shape index (κ3) is 18.5. The highest BCUT2D eigenvalue weighted by Crippen LogP contribution is 2.44. The van der Waals surface area contributed by atoms with E-state index >= 15 is 0 Å². The lowest BCUT2D eigenvalue weighted by atomic mass is 9.73. The van der Waals surface area contributed by atoms with Gasteiger partial charge in [0.2, 0.25) is 0 Å². The van der Waals surface area contributed by atoms with Crippen LogP contribution in [0.4, 0.5) is 14.4 Å². The molecule has 23 heteroatoms. The summed E-state index contributed by atoms with van der Waals surface area (Å²) in [6, 6.07) is 54.0. The number of ether oxygens (including phenoxy) is 12. The Morgan fingerprint density at radius 3 is 1.55 bits per heavy atom. The van der Waals surface area contributed by atoms with Crippen LogP contribution in [0, 0.1) is 17.8 Å². The quantitative estimate of drug-likeness (QED) is 0.0249. The van der Waals surface area contributed by atoms with Gasteiger partial charge in [0, 0.05) is 25.3 Å². The van der Waals surface area contributed by atoms with Crippen molar-refractivity contribution in [1.82, 2.24) is 16.0 Å². The van der Waals surface area contributed by atoms with E-state index in [9.17, 15) is 39.6 Å². The van der Waals surface area contributed by atoms with Crippen LogP contribution in [0.15, 0.2) is 182 Å². The number of amides is 3. The first-order valence-corrected chi connectivity index (χ1v) is 34.8. The standard InChI is InChI=1S/C77H91N3O20/c1-46-37-54(38-56(82)47(2)62(89-42-48-21-9-3-10-22-48)40-78-75(86)90-43-49-23-11-4-12-24-49)65(83)71(68(46)98-72-55(79-76(87)91-44-50-25-13-5-14-26-50)39-61-59(95-72)35-33-57(93-61)52-29-17-7-18-30-52)100-74-67(85)70(63(41-81)97-74)99-73-64(80-77(88)92-45-51-27-15-6-16-28-51)66(84)69-60(96-73)36-34-58(94-69)53-31-19-8-20-32-53/h3-32,46-47,54-55,57-74,81,83-85H,33-45H2,1-2H3,(H,78,86)(H,79,87)(H,80,88)/t46-,47+,54-,55?,57?,58?,59+,60-,61-,62+,63+,64+,65-,66+,67+,68+,69+,70+,71+,72+,73+,74-/m0/s1. The molecule has 7 N–H and O–H groups in total. The van der Waals surface area contributed by atoms with Crippen molar-refractivity contribution in [2.24, 2.45) is 17.8 Å². The summed E-state index contributed by atoms with van der Waals surface area (Å²) in [5.41, 5.74) is 5.00. The highest BCUT2D eigenvalue weighted by molar-refractivity contribution is 5.81. The topological polar surface area (TPSA) is 296 Å². The van der Waals surface area contributed by atoms with Crippen molar-refractivity contribution in [3.05, 3.63) is 215 Å². The van der Waals surface area contributed by atoms with Crippen LogP contribution in [0.25, 0.3) is 0 Å². The van der Waals surface area contributed by atoms with Crippen LogP contribution in [0.1, 0.15) is 104 Å². The fourth-order valence-corrected chi connectivity index (χ4v) is 14.4. The molecule has 6 aromatic carbocycles. The van der Waals surface area contributed by atoms with E-state index in [2.05, 4.69) is 16.0 Å². The molecule has 23 nitrogen and oxygen atoms in total. The van der Waals surface area contributed by atoms with Crippen LogP contribution in [-0.2, 0) is 88.1 Å². The SMILES string of the molecule is C[C@H](C(=O)C[C@@H]1C[C@H](C)[C@@H](O[C@H]2O[C@@H]3CCC(c4ccccc4)O[C@H]3CC2NC(=O)OCc2ccccc2)[C@H](O[C@@H]2O[C@H](CO)[C@@H](O[C@H]3O[C@H]4CCC(c5ccccc5)O[C@H]4[C@H](O)[C@H]3NC(=O)OCc3ccccc3)[C@H]2O)[C@H]1O)[C@@H](CNC(=O)OCc1ccccc1)OCc1ccccc1. The summed E-state index contributed by atoms with van der Waals surface area (Å²) in [7, 11) is 0. The normalized spacial score (nSPS) is 31.6. The number of Topliss-reactive ketones (excluding diaryl/α,β-unsaturated/α-hetero) is 1. The van der Waals surface area contributed by atoms with E-state index in [1.807, 2.05) is 177 Å². The van der Waals surface area contributed by atoms with E-state index in [1.165, 1.54) is 0 Å². The molecule has 0 radical (unpaired) electrons. The molecule has 0 spiro atoms. The third-order valence-electron chi connectivity index (χ3n) is 19.9. The predicted octanol–water partition coefficient (Wildman–Crippen LogP) is 8.98. The second kappa shape index (κ2) is 34.8. The smallest absolute Gasteiger partial charge is 0.407 e. The van der Waals surface area contributed by atoms with E-state index < -0.39 is 153 Å². The molecule has 22 atom stereocenters. The van der Waals surface area contributed by atoms with Crippen LogP contribution in [0.2, 0.25) is 0 Å². The van der Waals surface area contributed by atoms with Crippen LogP contribution in [0.5, 0.6) is 0 Å². The molecule has 12 rings (SSSR count). The van der Waals surface area contributed by atoms with Gasteiger partial charge in [0.05, 0.1) is 68.1 Å². The number of rotatable bonds is 26. The van der Waals surface area contributed by atoms with Gasteiger partial charge in [0.1, 0.15) is 68.3 Å². The summed E-state index contributed by atoms with van der Waals surface area (Å²) >= 11 is 0. The van der Waals surface area contributed by atoms with Crippen molar-refractivity contribution in [3.63, 3.8) is 0 Å². The molecule has 1 aliphatic carbocycles. The zero-order chi connectivity index (χ0) is 69.5. The summed E-state index contributed by atoms with van der Waals surface area (Å²) in [6.45, 7) is 2.78. The van der Waals surface area contributed by atoms with Crippen molar-refractivity contribution in [2.75, 3.05) is 13.2 Å². The molecule has 5 aliphatic heterocycles. The number of nitrogens with one attached hydrogen (secondary N) is 3. The first-order valence-electron chi connectivity index (χ1n) is 34.8. The van der Waals surface area contributed by atoms with Gasteiger partial charge < -0.3 is 93.2 Å². The molecule has 3 amide bonds. The van der Waals surface area contributed by atoms with Crippen molar-refractivity contribution >= 4 is 24.1 Å². The number of carbonyl (C=O) groups is 4. The van der Waals surface area contributed by atoms with Gasteiger partial charge in [-0.25, -0.2) is 14.4 Å². The molecule has 6 aliphatic rings. The summed E-state index contributed by atoms with van der Waals surface area (Å²) in [6.07, 6.45) is -18.7. The van der Waals surface area contributed by atoms with Crippen LogP contribution >= 0.6 is 0 Å². The van der Waals surface area contributed by atoms with E-state index in [-0.39, 0.29) is 64.1 Å². The molecular formula is C77H91N3O20. The second-order valence-corrected chi connectivity index (χ2v) is 26.8. The number of fused-ring (bicyclic) bond motifs is 2. The minimum Gasteiger partial charge on any atom is -0.445 e. The molecule has 0 bridgehead atoms. The Bertz CT molecular complexity index is 3520. The molecule has 1 saturated carbocycles. The molecule has 5 heterocycles.